The minimum absolute atomic E-state index is 0.154. The molecule has 0 saturated carbocycles. The zero-order valence-electron chi connectivity index (χ0n) is 17.6. The van der Waals surface area contributed by atoms with E-state index < -0.39 is 5.97 Å². The molecule has 158 valence electrons. The number of rotatable bonds is 6. The molecule has 0 aliphatic carbocycles. The molecule has 0 aliphatic heterocycles. The third-order valence-corrected chi connectivity index (χ3v) is 5.31. The maximum absolute atomic E-state index is 13.3. The third-order valence-electron chi connectivity index (χ3n) is 5.31. The number of pyridine rings is 1. The Balaban J connectivity index is 1.77. The predicted molar refractivity (Wildman–Crippen MR) is 125 cm³/mol. The van der Waals surface area contributed by atoms with Gasteiger partial charge in [0.1, 0.15) is 0 Å². The summed E-state index contributed by atoms with van der Waals surface area (Å²) in [5.74, 6) is -1.14. The van der Waals surface area contributed by atoms with E-state index in [0.717, 1.165) is 16.7 Å². The highest BCUT2D eigenvalue weighted by molar-refractivity contribution is 6.06. The molecule has 3 aromatic carbocycles. The van der Waals surface area contributed by atoms with E-state index in [2.05, 4.69) is 4.98 Å². The molecule has 1 heterocycles. The molecule has 5 nitrogen and oxygen atoms in total. The second kappa shape index (κ2) is 9.27. The van der Waals surface area contributed by atoms with E-state index in [0.29, 0.717) is 16.8 Å². The molecule has 1 aromatic heterocycles. The molecule has 0 atom stereocenters. The van der Waals surface area contributed by atoms with Crippen LogP contribution < -0.4 is 4.90 Å². The van der Waals surface area contributed by atoms with Crippen LogP contribution in [0.15, 0.2) is 97.3 Å². The normalized spacial score (nSPS) is 10.5. The summed E-state index contributed by atoms with van der Waals surface area (Å²) >= 11 is 0. The van der Waals surface area contributed by atoms with E-state index in [4.69, 9.17) is 0 Å². The summed E-state index contributed by atoms with van der Waals surface area (Å²) < 4.78 is 0. The van der Waals surface area contributed by atoms with Gasteiger partial charge in [-0.05, 0) is 65.6 Å². The van der Waals surface area contributed by atoms with Crippen molar-refractivity contribution in [3.05, 3.63) is 120 Å². The number of aromatic nitrogens is 1. The van der Waals surface area contributed by atoms with E-state index in [1.165, 1.54) is 0 Å². The standard InChI is InChI=1S/C27H22N2O3/c1-19-8-5-6-12-23(19)25-16-20(13-14-24(25)27(31)32)18-29(22-11-7-15-28-17-22)26(30)21-9-3-2-4-10-21/h2-17H,18H2,1H3,(H,31,32). The van der Waals surface area contributed by atoms with E-state index in [1.54, 1.807) is 47.6 Å². The van der Waals surface area contributed by atoms with Crippen LogP contribution in [0.5, 0.6) is 0 Å². The van der Waals surface area contributed by atoms with Crippen LogP contribution in [0.2, 0.25) is 0 Å². The van der Waals surface area contributed by atoms with Crippen molar-refractivity contribution in [1.29, 1.82) is 0 Å². The Hall–Kier alpha value is -4.25. The third kappa shape index (κ3) is 4.42. The smallest absolute Gasteiger partial charge is 0.336 e. The highest BCUT2D eigenvalue weighted by Crippen LogP contribution is 2.29. The summed E-state index contributed by atoms with van der Waals surface area (Å²) in [7, 11) is 0. The second-order valence-corrected chi connectivity index (χ2v) is 7.47. The summed E-state index contributed by atoms with van der Waals surface area (Å²) in [6, 6.07) is 25.6. The Labute approximate surface area is 186 Å². The number of hydrogen-bond acceptors (Lipinski definition) is 3. The molecule has 1 N–H and O–H groups in total. The number of carbonyl (C=O) groups excluding carboxylic acids is 1. The van der Waals surface area contributed by atoms with Crippen molar-refractivity contribution >= 4 is 17.6 Å². The van der Waals surface area contributed by atoms with Gasteiger partial charge >= 0.3 is 5.97 Å². The molecule has 32 heavy (non-hydrogen) atoms. The fourth-order valence-corrected chi connectivity index (χ4v) is 3.69. The fourth-order valence-electron chi connectivity index (χ4n) is 3.69. The van der Waals surface area contributed by atoms with Crippen molar-refractivity contribution < 1.29 is 14.7 Å². The first kappa shape index (κ1) is 21.0. The predicted octanol–water partition coefficient (Wildman–Crippen LogP) is 5.60. The summed E-state index contributed by atoms with van der Waals surface area (Å²) in [6.07, 6.45) is 3.31. The van der Waals surface area contributed by atoms with Crippen LogP contribution in [0.3, 0.4) is 0 Å². The van der Waals surface area contributed by atoms with Crippen molar-refractivity contribution in [2.75, 3.05) is 4.90 Å². The van der Waals surface area contributed by atoms with Gasteiger partial charge in [-0.3, -0.25) is 9.78 Å². The van der Waals surface area contributed by atoms with Crippen molar-refractivity contribution in [2.45, 2.75) is 13.5 Å². The van der Waals surface area contributed by atoms with E-state index in [1.807, 2.05) is 61.5 Å². The number of benzene rings is 3. The lowest BCUT2D eigenvalue weighted by Crippen LogP contribution is -2.30. The molecule has 4 aromatic rings. The quantitative estimate of drug-likeness (QED) is 0.439. The fraction of sp³-hybridized carbons (Fsp3) is 0.0741. The lowest BCUT2D eigenvalue weighted by molar-refractivity contribution is 0.0697. The monoisotopic (exact) mass is 422 g/mol. The highest BCUT2D eigenvalue weighted by atomic mass is 16.4. The molecule has 0 radical (unpaired) electrons. The zero-order valence-corrected chi connectivity index (χ0v) is 17.6. The van der Waals surface area contributed by atoms with Crippen molar-refractivity contribution in [1.82, 2.24) is 4.98 Å². The Morgan fingerprint density at radius 2 is 1.62 bits per heavy atom. The Morgan fingerprint density at radius 3 is 2.31 bits per heavy atom. The molecule has 0 unspecified atom stereocenters. The van der Waals surface area contributed by atoms with Crippen molar-refractivity contribution in [2.24, 2.45) is 0 Å². The number of aryl methyl sites for hydroxylation is 1. The number of anilines is 1. The van der Waals surface area contributed by atoms with Crippen molar-refractivity contribution in [3.8, 4) is 11.1 Å². The molecule has 4 rings (SSSR count). The summed E-state index contributed by atoms with van der Waals surface area (Å²) in [5.41, 5.74) is 4.75. The van der Waals surface area contributed by atoms with E-state index in [9.17, 15) is 14.7 Å². The molecule has 5 heteroatoms. The molecule has 1 amide bonds. The van der Waals surface area contributed by atoms with Gasteiger partial charge in [0.05, 0.1) is 24.0 Å². The molecule has 0 bridgehead atoms. The van der Waals surface area contributed by atoms with Gasteiger partial charge in [0, 0.05) is 11.8 Å². The highest BCUT2D eigenvalue weighted by Gasteiger charge is 2.20. The first-order chi connectivity index (χ1) is 15.5. The number of carboxylic acids is 1. The van der Waals surface area contributed by atoms with Gasteiger partial charge in [0.2, 0.25) is 0 Å². The number of carbonyl (C=O) groups is 2. The van der Waals surface area contributed by atoms with Gasteiger partial charge in [-0.15, -0.1) is 0 Å². The SMILES string of the molecule is Cc1ccccc1-c1cc(CN(C(=O)c2ccccc2)c2cccnc2)ccc1C(=O)O. The first-order valence-corrected chi connectivity index (χ1v) is 10.2. The lowest BCUT2D eigenvalue weighted by Gasteiger charge is -2.23. The van der Waals surface area contributed by atoms with Crippen LogP contribution in [0.4, 0.5) is 5.69 Å². The number of aromatic carboxylic acids is 1. The lowest BCUT2D eigenvalue weighted by atomic mass is 9.94. The molecule has 0 aliphatic rings. The largest absolute Gasteiger partial charge is 0.478 e. The summed E-state index contributed by atoms with van der Waals surface area (Å²) in [6.45, 7) is 2.23. The zero-order chi connectivity index (χ0) is 22.5. The summed E-state index contributed by atoms with van der Waals surface area (Å²) in [4.78, 5) is 31.0. The molecular weight excluding hydrogens is 400 g/mol. The number of carboxylic acid groups (broad SMARTS) is 1. The van der Waals surface area contributed by atoms with Gasteiger partial charge in [-0.2, -0.15) is 0 Å². The topological polar surface area (TPSA) is 70.5 Å². The van der Waals surface area contributed by atoms with Gasteiger partial charge in [0.15, 0.2) is 0 Å². The van der Waals surface area contributed by atoms with Crippen LogP contribution in [-0.2, 0) is 6.54 Å². The molecular formula is C27H22N2O3. The number of hydrogen-bond donors (Lipinski definition) is 1. The van der Waals surface area contributed by atoms with E-state index in [-0.39, 0.29) is 18.0 Å². The average Bonchev–Trinajstić information content (AvgIpc) is 2.83. The van der Waals surface area contributed by atoms with Gasteiger partial charge in [0.25, 0.3) is 5.91 Å². The summed E-state index contributed by atoms with van der Waals surface area (Å²) in [5, 5.41) is 9.73. The van der Waals surface area contributed by atoms with Crippen LogP contribution in [0.25, 0.3) is 11.1 Å². The minimum Gasteiger partial charge on any atom is -0.478 e. The minimum atomic E-state index is -0.987. The van der Waals surface area contributed by atoms with Gasteiger partial charge < -0.3 is 10.0 Å². The van der Waals surface area contributed by atoms with Crippen molar-refractivity contribution in [3.63, 3.8) is 0 Å². The molecule has 0 saturated heterocycles. The van der Waals surface area contributed by atoms with Crippen LogP contribution in [0, 0.1) is 6.92 Å². The number of amides is 1. The Bertz CT molecular complexity index is 1250. The Kier molecular flexibility index (Phi) is 6.08. The van der Waals surface area contributed by atoms with Crippen LogP contribution >= 0.6 is 0 Å². The van der Waals surface area contributed by atoms with Crippen LogP contribution in [-0.4, -0.2) is 22.0 Å². The molecule has 0 fully saturated rings. The Morgan fingerprint density at radius 1 is 0.875 bits per heavy atom. The first-order valence-electron chi connectivity index (χ1n) is 10.2. The van der Waals surface area contributed by atoms with Gasteiger partial charge in [-0.1, -0.05) is 48.5 Å². The van der Waals surface area contributed by atoms with E-state index >= 15 is 0 Å². The maximum atomic E-state index is 13.3. The second-order valence-electron chi connectivity index (χ2n) is 7.47. The van der Waals surface area contributed by atoms with Gasteiger partial charge in [-0.25, -0.2) is 4.79 Å². The average molecular weight is 422 g/mol. The maximum Gasteiger partial charge on any atom is 0.336 e. The molecule has 0 spiro atoms. The van der Waals surface area contributed by atoms with Crippen LogP contribution in [0.1, 0.15) is 31.8 Å². The number of nitrogens with zero attached hydrogens (tertiary/aromatic N) is 2.